The van der Waals surface area contributed by atoms with Crippen LogP contribution in [0, 0.1) is 5.92 Å². The van der Waals surface area contributed by atoms with Gasteiger partial charge in [0.15, 0.2) is 0 Å². The lowest BCUT2D eigenvalue weighted by atomic mass is 9.93. The van der Waals surface area contributed by atoms with E-state index in [0.717, 1.165) is 24.8 Å². The Labute approximate surface area is 136 Å². The van der Waals surface area contributed by atoms with E-state index in [0.29, 0.717) is 12.1 Å². The first-order chi connectivity index (χ1) is 11.1. The quantitative estimate of drug-likeness (QED) is 0.674. The van der Waals surface area contributed by atoms with Crippen LogP contribution in [0.5, 0.6) is 11.5 Å². The molecular weight excluding hydrogens is 290 g/mol. The Balaban J connectivity index is 2.05. The van der Waals surface area contributed by atoms with Crippen LogP contribution in [0.4, 0.5) is 5.69 Å². The molecule has 23 heavy (non-hydrogen) atoms. The third kappa shape index (κ3) is 5.33. The highest BCUT2D eigenvalue weighted by Gasteiger charge is 2.18. The van der Waals surface area contributed by atoms with Crippen molar-refractivity contribution >= 4 is 11.6 Å². The van der Waals surface area contributed by atoms with E-state index >= 15 is 0 Å². The lowest BCUT2D eigenvalue weighted by molar-refractivity contribution is -0.120. The molecule has 0 aromatic heterocycles. The van der Waals surface area contributed by atoms with E-state index in [-0.39, 0.29) is 23.3 Å². The zero-order valence-corrected chi connectivity index (χ0v) is 13.3. The average molecular weight is 313 g/mol. The molecule has 2 aromatic rings. The van der Waals surface area contributed by atoms with Crippen LogP contribution in [0.1, 0.15) is 31.7 Å². The number of phenolic OH excluding ortho intramolecular Hbond substituents is 2. The van der Waals surface area contributed by atoms with E-state index in [9.17, 15) is 15.0 Å². The number of unbranched alkanes of at least 4 members (excludes halogenated alkanes) is 1. The number of nitrogens with one attached hydrogen (secondary N) is 1. The molecule has 2 rings (SSSR count). The summed E-state index contributed by atoms with van der Waals surface area (Å²) >= 11 is 0. The fourth-order valence-electron chi connectivity index (χ4n) is 2.48. The van der Waals surface area contributed by atoms with Crippen molar-refractivity contribution < 1.29 is 15.0 Å². The van der Waals surface area contributed by atoms with Gasteiger partial charge in [-0.3, -0.25) is 4.79 Å². The molecule has 0 unspecified atom stereocenters. The Hall–Kier alpha value is -2.49. The summed E-state index contributed by atoms with van der Waals surface area (Å²) in [5.41, 5.74) is 1.71. The number of hydrogen-bond acceptors (Lipinski definition) is 3. The Kier molecular flexibility index (Phi) is 6.03. The maximum absolute atomic E-state index is 12.6. The lowest BCUT2D eigenvalue weighted by Crippen LogP contribution is -2.24. The number of carbonyl (C=O) groups excluding carboxylic acids is 1. The Bertz CT molecular complexity index is 620. The minimum Gasteiger partial charge on any atom is -0.508 e. The zero-order valence-electron chi connectivity index (χ0n) is 13.3. The molecule has 0 saturated carbocycles. The summed E-state index contributed by atoms with van der Waals surface area (Å²) in [6.45, 7) is 2.11. The maximum Gasteiger partial charge on any atom is 0.227 e. The molecule has 2 aromatic carbocycles. The maximum atomic E-state index is 12.6. The summed E-state index contributed by atoms with van der Waals surface area (Å²) < 4.78 is 0. The number of phenols is 2. The highest BCUT2D eigenvalue weighted by atomic mass is 16.3. The largest absolute Gasteiger partial charge is 0.508 e. The van der Waals surface area contributed by atoms with Crippen molar-refractivity contribution in [3.8, 4) is 11.5 Å². The molecule has 0 heterocycles. The molecule has 0 spiro atoms. The van der Waals surface area contributed by atoms with Gasteiger partial charge in [-0.05, 0) is 54.8 Å². The summed E-state index contributed by atoms with van der Waals surface area (Å²) in [4.78, 5) is 12.6. The van der Waals surface area contributed by atoms with Crippen LogP contribution >= 0.6 is 0 Å². The van der Waals surface area contributed by atoms with Crippen LogP contribution in [0.2, 0.25) is 0 Å². The fraction of sp³-hybridized carbons (Fsp3) is 0.316. The summed E-state index contributed by atoms with van der Waals surface area (Å²) in [5, 5.41) is 21.6. The highest BCUT2D eigenvalue weighted by Crippen LogP contribution is 2.21. The number of benzene rings is 2. The third-order valence-electron chi connectivity index (χ3n) is 3.83. The van der Waals surface area contributed by atoms with E-state index in [1.165, 1.54) is 0 Å². The summed E-state index contributed by atoms with van der Waals surface area (Å²) in [7, 11) is 0. The summed E-state index contributed by atoms with van der Waals surface area (Å²) in [6, 6.07) is 13.5. The van der Waals surface area contributed by atoms with Crippen molar-refractivity contribution in [2.75, 3.05) is 5.32 Å². The molecule has 122 valence electrons. The molecule has 0 saturated heterocycles. The summed E-state index contributed by atoms with van der Waals surface area (Å²) in [6.07, 6.45) is 3.50. The Morgan fingerprint density at radius 3 is 2.13 bits per heavy atom. The van der Waals surface area contributed by atoms with Gasteiger partial charge in [-0.2, -0.15) is 0 Å². The second-order valence-electron chi connectivity index (χ2n) is 5.75. The molecule has 4 heteroatoms. The molecule has 0 fully saturated rings. The minimum absolute atomic E-state index is 0.0165. The predicted octanol–water partition coefficient (Wildman–Crippen LogP) is 4.09. The SMILES string of the molecule is CCCC[C@H](Cc1ccc(O)cc1)C(=O)Nc1ccc(O)cc1. The zero-order chi connectivity index (χ0) is 16.7. The van der Waals surface area contributed by atoms with Gasteiger partial charge in [0, 0.05) is 11.6 Å². The van der Waals surface area contributed by atoms with Gasteiger partial charge in [-0.1, -0.05) is 31.9 Å². The third-order valence-corrected chi connectivity index (χ3v) is 3.83. The average Bonchev–Trinajstić information content (AvgIpc) is 2.55. The van der Waals surface area contributed by atoms with Crippen molar-refractivity contribution in [1.29, 1.82) is 0 Å². The topological polar surface area (TPSA) is 69.6 Å². The van der Waals surface area contributed by atoms with Gasteiger partial charge in [-0.25, -0.2) is 0 Å². The van der Waals surface area contributed by atoms with Gasteiger partial charge in [0.2, 0.25) is 5.91 Å². The second kappa shape index (κ2) is 8.22. The van der Waals surface area contributed by atoms with E-state index in [4.69, 9.17) is 0 Å². The lowest BCUT2D eigenvalue weighted by Gasteiger charge is -2.17. The van der Waals surface area contributed by atoms with Gasteiger partial charge in [0.1, 0.15) is 11.5 Å². The van der Waals surface area contributed by atoms with Gasteiger partial charge < -0.3 is 15.5 Å². The van der Waals surface area contributed by atoms with Gasteiger partial charge in [-0.15, -0.1) is 0 Å². The number of carbonyl (C=O) groups is 1. The Morgan fingerprint density at radius 2 is 1.57 bits per heavy atom. The molecule has 4 nitrogen and oxygen atoms in total. The first-order valence-corrected chi connectivity index (χ1v) is 7.96. The number of hydrogen-bond donors (Lipinski definition) is 3. The molecule has 3 N–H and O–H groups in total. The smallest absolute Gasteiger partial charge is 0.227 e. The number of amides is 1. The van der Waals surface area contributed by atoms with Crippen molar-refractivity contribution in [2.24, 2.45) is 5.92 Å². The molecule has 0 aliphatic carbocycles. The van der Waals surface area contributed by atoms with E-state index < -0.39 is 0 Å². The van der Waals surface area contributed by atoms with Crippen LogP contribution < -0.4 is 5.32 Å². The molecule has 0 aliphatic rings. The molecule has 0 radical (unpaired) electrons. The molecule has 1 atom stereocenters. The van der Waals surface area contributed by atoms with Crippen LogP contribution in [-0.2, 0) is 11.2 Å². The van der Waals surface area contributed by atoms with Crippen molar-refractivity contribution in [3.05, 3.63) is 54.1 Å². The number of aromatic hydroxyl groups is 2. The molecule has 1 amide bonds. The minimum atomic E-state index is -0.117. The van der Waals surface area contributed by atoms with Crippen LogP contribution in [0.15, 0.2) is 48.5 Å². The first kappa shape index (κ1) is 16.9. The molecule has 0 bridgehead atoms. The van der Waals surface area contributed by atoms with Crippen molar-refractivity contribution in [2.45, 2.75) is 32.6 Å². The summed E-state index contributed by atoms with van der Waals surface area (Å²) in [5.74, 6) is 0.271. The van der Waals surface area contributed by atoms with Crippen LogP contribution in [-0.4, -0.2) is 16.1 Å². The van der Waals surface area contributed by atoms with Gasteiger partial charge in [0.05, 0.1) is 0 Å². The van der Waals surface area contributed by atoms with Crippen molar-refractivity contribution in [1.82, 2.24) is 0 Å². The molecule has 0 aliphatic heterocycles. The van der Waals surface area contributed by atoms with Crippen LogP contribution in [0.25, 0.3) is 0 Å². The van der Waals surface area contributed by atoms with Crippen LogP contribution in [0.3, 0.4) is 0 Å². The van der Waals surface area contributed by atoms with E-state index in [1.54, 1.807) is 36.4 Å². The van der Waals surface area contributed by atoms with E-state index in [1.807, 2.05) is 12.1 Å². The predicted molar refractivity (Wildman–Crippen MR) is 91.6 cm³/mol. The Morgan fingerprint density at radius 1 is 1.00 bits per heavy atom. The van der Waals surface area contributed by atoms with E-state index in [2.05, 4.69) is 12.2 Å². The highest BCUT2D eigenvalue weighted by molar-refractivity contribution is 5.92. The standard InChI is InChI=1S/C19H23NO3/c1-2-3-4-15(13-14-5-9-17(21)10-6-14)19(23)20-16-7-11-18(22)12-8-16/h5-12,15,21-22H,2-4,13H2,1H3,(H,20,23)/t15-/m1/s1. The van der Waals surface area contributed by atoms with Gasteiger partial charge >= 0.3 is 0 Å². The monoisotopic (exact) mass is 313 g/mol. The van der Waals surface area contributed by atoms with Crippen molar-refractivity contribution in [3.63, 3.8) is 0 Å². The number of rotatable bonds is 7. The first-order valence-electron chi connectivity index (χ1n) is 7.96. The normalized spacial score (nSPS) is 11.9. The second-order valence-corrected chi connectivity index (χ2v) is 5.75. The van der Waals surface area contributed by atoms with Gasteiger partial charge in [0.25, 0.3) is 0 Å². The molecular formula is C19H23NO3. The fourth-order valence-corrected chi connectivity index (χ4v) is 2.48. The number of anilines is 1.